The zero-order valence-corrected chi connectivity index (χ0v) is 11.3. The van der Waals surface area contributed by atoms with Gasteiger partial charge in [0, 0.05) is 24.8 Å². The molecule has 1 N–H and O–H groups in total. The molecule has 1 saturated heterocycles. The minimum atomic E-state index is -3.05. The second kappa shape index (κ2) is 4.24. The maximum Gasteiger partial charge on any atom is 0.214 e. The van der Waals surface area contributed by atoms with E-state index in [2.05, 4.69) is 11.4 Å². The Labute approximate surface area is 108 Å². The van der Waals surface area contributed by atoms with E-state index in [-0.39, 0.29) is 12.0 Å². The minimum absolute atomic E-state index is 0.0647. The number of fused-ring (bicyclic) bond motifs is 1. The van der Waals surface area contributed by atoms with Crippen molar-refractivity contribution in [1.82, 2.24) is 4.31 Å². The molecule has 0 saturated carbocycles. The Kier molecular flexibility index (Phi) is 2.83. The lowest BCUT2D eigenvalue weighted by atomic mass is 9.99. The van der Waals surface area contributed by atoms with E-state index in [9.17, 15) is 8.42 Å². The van der Waals surface area contributed by atoms with E-state index in [0.29, 0.717) is 18.8 Å². The highest BCUT2D eigenvalue weighted by atomic mass is 32.2. The van der Waals surface area contributed by atoms with E-state index in [0.717, 1.165) is 12.1 Å². The van der Waals surface area contributed by atoms with Gasteiger partial charge in [-0.3, -0.25) is 0 Å². The SMILES string of the molecule is CC1CN(C2CNc3ccccc3C2)S(=O)(=O)C1. The molecule has 2 atom stereocenters. The quantitative estimate of drug-likeness (QED) is 0.833. The summed E-state index contributed by atoms with van der Waals surface area (Å²) in [6, 6.07) is 8.19. The van der Waals surface area contributed by atoms with Crippen molar-refractivity contribution in [2.75, 3.05) is 24.2 Å². The van der Waals surface area contributed by atoms with Crippen LogP contribution in [0.3, 0.4) is 0 Å². The molecule has 0 radical (unpaired) electrons. The molecular weight excluding hydrogens is 248 g/mol. The second-order valence-corrected chi connectivity index (χ2v) is 7.32. The number of benzene rings is 1. The van der Waals surface area contributed by atoms with Gasteiger partial charge < -0.3 is 5.32 Å². The highest BCUT2D eigenvalue weighted by molar-refractivity contribution is 7.89. The Balaban J connectivity index is 1.85. The molecule has 1 aromatic rings. The molecule has 18 heavy (non-hydrogen) atoms. The summed E-state index contributed by atoms with van der Waals surface area (Å²) in [5.74, 6) is 0.540. The fraction of sp³-hybridized carbons (Fsp3) is 0.538. The highest BCUT2D eigenvalue weighted by Crippen LogP contribution is 2.28. The van der Waals surface area contributed by atoms with Gasteiger partial charge in [0.15, 0.2) is 0 Å². The van der Waals surface area contributed by atoms with Crippen molar-refractivity contribution in [2.45, 2.75) is 19.4 Å². The van der Waals surface area contributed by atoms with Crippen LogP contribution in [-0.4, -0.2) is 37.6 Å². The average molecular weight is 266 g/mol. The number of rotatable bonds is 1. The fourth-order valence-corrected chi connectivity index (χ4v) is 5.03. The summed E-state index contributed by atoms with van der Waals surface area (Å²) < 4.78 is 25.9. The van der Waals surface area contributed by atoms with Gasteiger partial charge in [0.1, 0.15) is 0 Å². The Morgan fingerprint density at radius 3 is 2.83 bits per heavy atom. The molecule has 3 rings (SSSR count). The lowest BCUT2D eigenvalue weighted by Gasteiger charge is -2.32. The summed E-state index contributed by atoms with van der Waals surface area (Å²) in [4.78, 5) is 0. The second-order valence-electron chi connectivity index (χ2n) is 5.35. The average Bonchev–Trinajstić information content (AvgIpc) is 2.62. The first-order valence-corrected chi connectivity index (χ1v) is 7.98. The first kappa shape index (κ1) is 12.0. The van der Waals surface area contributed by atoms with Gasteiger partial charge in [0.2, 0.25) is 10.0 Å². The number of nitrogens with zero attached hydrogens (tertiary/aromatic N) is 1. The van der Waals surface area contributed by atoms with Crippen molar-refractivity contribution in [1.29, 1.82) is 0 Å². The molecule has 1 fully saturated rings. The Hall–Kier alpha value is -1.07. The smallest absolute Gasteiger partial charge is 0.214 e. The van der Waals surface area contributed by atoms with Crippen molar-refractivity contribution in [2.24, 2.45) is 5.92 Å². The van der Waals surface area contributed by atoms with Crippen LogP contribution in [0, 0.1) is 5.92 Å². The molecule has 2 aliphatic heterocycles. The maximum atomic E-state index is 12.1. The van der Waals surface area contributed by atoms with E-state index in [1.165, 1.54) is 5.56 Å². The minimum Gasteiger partial charge on any atom is -0.383 e. The van der Waals surface area contributed by atoms with Gasteiger partial charge in [-0.2, -0.15) is 4.31 Å². The standard InChI is InChI=1S/C13H18N2O2S/c1-10-8-15(18(16,17)9-10)12-6-11-4-2-3-5-13(11)14-7-12/h2-5,10,12,14H,6-9H2,1H3. The van der Waals surface area contributed by atoms with Gasteiger partial charge in [0.05, 0.1) is 5.75 Å². The Morgan fingerprint density at radius 2 is 2.11 bits per heavy atom. The highest BCUT2D eigenvalue weighted by Gasteiger charge is 2.39. The predicted octanol–water partition coefficient (Wildman–Crippen LogP) is 1.30. The third-order valence-electron chi connectivity index (χ3n) is 3.75. The monoisotopic (exact) mass is 266 g/mol. The molecule has 0 bridgehead atoms. The van der Waals surface area contributed by atoms with Crippen LogP contribution in [0.15, 0.2) is 24.3 Å². The molecule has 5 heteroatoms. The van der Waals surface area contributed by atoms with E-state index in [1.54, 1.807) is 4.31 Å². The molecule has 2 aliphatic rings. The summed E-state index contributed by atoms with van der Waals surface area (Å²) in [5.41, 5.74) is 2.35. The van der Waals surface area contributed by atoms with Gasteiger partial charge in [-0.05, 0) is 24.0 Å². The molecule has 2 unspecified atom stereocenters. The van der Waals surface area contributed by atoms with Gasteiger partial charge in [-0.1, -0.05) is 25.1 Å². The molecule has 0 aromatic heterocycles. The van der Waals surface area contributed by atoms with Crippen molar-refractivity contribution in [3.8, 4) is 0 Å². The lowest BCUT2D eigenvalue weighted by molar-refractivity contribution is 0.324. The van der Waals surface area contributed by atoms with Gasteiger partial charge >= 0.3 is 0 Å². The van der Waals surface area contributed by atoms with E-state index >= 15 is 0 Å². The molecule has 0 aliphatic carbocycles. The number of nitrogens with one attached hydrogen (secondary N) is 1. The summed E-state index contributed by atoms with van der Waals surface area (Å²) in [7, 11) is -3.05. The van der Waals surface area contributed by atoms with Crippen LogP contribution in [0.2, 0.25) is 0 Å². The van der Waals surface area contributed by atoms with Gasteiger partial charge in [-0.25, -0.2) is 8.42 Å². The normalized spacial score (nSPS) is 30.7. The largest absolute Gasteiger partial charge is 0.383 e. The number of para-hydroxylation sites is 1. The zero-order valence-electron chi connectivity index (χ0n) is 10.5. The van der Waals surface area contributed by atoms with Crippen LogP contribution in [0.5, 0.6) is 0 Å². The van der Waals surface area contributed by atoms with Crippen LogP contribution < -0.4 is 5.32 Å². The first-order valence-electron chi connectivity index (χ1n) is 6.37. The molecule has 98 valence electrons. The Morgan fingerprint density at radius 1 is 1.33 bits per heavy atom. The molecule has 4 nitrogen and oxygen atoms in total. The topological polar surface area (TPSA) is 49.4 Å². The number of sulfonamides is 1. The fourth-order valence-electron chi connectivity index (χ4n) is 2.93. The zero-order chi connectivity index (χ0) is 12.8. The molecule has 0 spiro atoms. The third kappa shape index (κ3) is 2.01. The Bertz CT molecular complexity index is 556. The van der Waals surface area contributed by atoms with Crippen molar-refractivity contribution in [3.63, 3.8) is 0 Å². The van der Waals surface area contributed by atoms with Crippen LogP contribution in [0.25, 0.3) is 0 Å². The lowest BCUT2D eigenvalue weighted by Crippen LogP contribution is -2.44. The third-order valence-corrected chi connectivity index (χ3v) is 5.90. The van der Waals surface area contributed by atoms with Crippen LogP contribution >= 0.6 is 0 Å². The van der Waals surface area contributed by atoms with Gasteiger partial charge in [-0.15, -0.1) is 0 Å². The first-order chi connectivity index (χ1) is 8.56. The number of anilines is 1. The van der Waals surface area contributed by atoms with Gasteiger partial charge in [0.25, 0.3) is 0 Å². The van der Waals surface area contributed by atoms with Crippen LogP contribution in [-0.2, 0) is 16.4 Å². The van der Waals surface area contributed by atoms with E-state index in [4.69, 9.17) is 0 Å². The van der Waals surface area contributed by atoms with Crippen molar-refractivity contribution < 1.29 is 8.42 Å². The number of hydrogen-bond acceptors (Lipinski definition) is 3. The molecular formula is C13H18N2O2S. The van der Waals surface area contributed by atoms with Crippen LogP contribution in [0.1, 0.15) is 12.5 Å². The number of hydrogen-bond donors (Lipinski definition) is 1. The molecule has 1 aromatic carbocycles. The molecule has 0 amide bonds. The van der Waals surface area contributed by atoms with E-state index in [1.807, 2.05) is 25.1 Å². The van der Waals surface area contributed by atoms with E-state index < -0.39 is 10.0 Å². The van der Waals surface area contributed by atoms with Crippen LogP contribution in [0.4, 0.5) is 5.69 Å². The van der Waals surface area contributed by atoms with Crippen molar-refractivity contribution in [3.05, 3.63) is 29.8 Å². The summed E-state index contributed by atoms with van der Waals surface area (Å²) in [5, 5.41) is 3.34. The maximum absolute atomic E-state index is 12.1. The predicted molar refractivity (Wildman–Crippen MR) is 72.1 cm³/mol. The van der Waals surface area contributed by atoms with Crippen molar-refractivity contribution >= 4 is 15.7 Å². The summed E-state index contributed by atoms with van der Waals surface area (Å²) in [6.07, 6.45) is 0.815. The summed E-state index contributed by atoms with van der Waals surface area (Å²) >= 11 is 0. The molecule has 2 heterocycles. The summed E-state index contributed by atoms with van der Waals surface area (Å²) in [6.45, 7) is 3.38.